The molecule has 1 atom stereocenters. The summed E-state index contributed by atoms with van der Waals surface area (Å²) in [6.07, 6.45) is 0. The molecule has 1 aliphatic rings. The van der Waals surface area contributed by atoms with Crippen LogP contribution < -0.4 is 20.8 Å². The molecule has 2 nitrogen and oxygen atoms in total. The SMILES string of the molecule is O=P1(c2ccccc2)c2ccccc2N(c2ccccc2)c2ccc(-c3cccc(-c4ccc5c6ccccc6c6ccccc6c5c4)c3)cc21. The molecule has 0 N–H and O–H groups in total. The number of fused-ring (bicyclic) bond motifs is 8. The van der Waals surface area contributed by atoms with Gasteiger partial charge in [-0.2, -0.15) is 0 Å². The lowest BCUT2D eigenvalue weighted by Crippen LogP contribution is -2.36. The average Bonchev–Trinajstić information content (AvgIpc) is 3.21. The largest absolute Gasteiger partial charge is 0.309 e. The zero-order valence-electron chi connectivity index (χ0n) is 27.8. The zero-order valence-corrected chi connectivity index (χ0v) is 28.7. The minimum Gasteiger partial charge on any atom is -0.309 e. The van der Waals surface area contributed by atoms with Gasteiger partial charge < -0.3 is 9.46 Å². The molecular weight excluding hydrogens is 638 g/mol. The van der Waals surface area contributed by atoms with Gasteiger partial charge in [0.25, 0.3) is 0 Å². The van der Waals surface area contributed by atoms with Crippen LogP contribution in [0.15, 0.2) is 194 Å². The first-order valence-corrected chi connectivity index (χ1v) is 19.1. The number of nitrogens with zero attached hydrogens (tertiary/aromatic N) is 1. The molecule has 0 spiro atoms. The van der Waals surface area contributed by atoms with E-state index in [9.17, 15) is 0 Å². The van der Waals surface area contributed by atoms with Crippen molar-refractivity contribution in [1.82, 2.24) is 0 Å². The van der Waals surface area contributed by atoms with E-state index in [0.29, 0.717) is 0 Å². The molecule has 9 aromatic carbocycles. The van der Waals surface area contributed by atoms with Gasteiger partial charge in [0.1, 0.15) is 0 Å². The Morgan fingerprint density at radius 1 is 0.333 bits per heavy atom. The van der Waals surface area contributed by atoms with Crippen LogP contribution in [-0.2, 0) is 4.57 Å². The third kappa shape index (κ3) is 4.61. The summed E-state index contributed by atoms with van der Waals surface area (Å²) in [7, 11) is -3.23. The Labute approximate surface area is 297 Å². The number of rotatable bonds is 4. The molecule has 0 amide bonds. The highest BCUT2D eigenvalue weighted by molar-refractivity contribution is 7.86. The molecule has 1 aliphatic heterocycles. The maximum atomic E-state index is 15.8. The highest BCUT2D eigenvalue weighted by Crippen LogP contribution is 2.54. The molecule has 1 unspecified atom stereocenters. The molecule has 1 heterocycles. The summed E-state index contributed by atoms with van der Waals surface area (Å²) in [4.78, 5) is 2.26. The van der Waals surface area contributed by atoms with Gasteiger partial charge in [0.15, 0.2) is 7.14 Å². The molecule has 240 valence electrons. The van der Waals surface area contributed by atoms with Crippen LogP contribution in [0.2, 0.25) is 0 Å². The summed E-state index contributed by atoms with van der Waals surface area (Å²) < 4.78 is 15.8. The van der Waals surface area contributed by atoms with Gasteiger partial charge in [-0.15, -0.1) is 0 Å². The molecule has 0 aromatic heterocycles. The molecule has 51 heavy (non-hydrogen) atoms. The van der Waals surface area contributed by atoms with Gasteiger partial charge in [-0.05, 0) is 103 Å². The third-order valence-electron chi connectivity index (χ3n) is 10.4. The predicted molar refractivity (Wildman–Crippen MR) is 217 cm³/mol. The van der Waals surface area contributed by atoms with E-state index in [-0.39, 0.29) is 0 Å². The van der Waals surface area contributed by atoms with Gasteiger partial charge in [-0.25, -0.2) is 0 Å². The van der Waals surface area contributed by atoms with Gasteiger partial charge >= 0.3 is 0 Å². The molecule has 9 aromatic rings. The van der Waals surface area contributed by atoms with E-state index in [4.69, 9.17) is 0 Å². The summed E-state index contributed by atoms with van der Waals surface area (Å²) >= 11 is 0. The standard InChI is InChI=1S/C48H32NOP/c50-51(38-18-5-2-6-19-38)47-25-12-11-24-45(47)49(37-16-3-1-4-17-37)46-29-27-36(32-48(46)51)34-15-13-14-33(30-34)35-26-28-43-41-22-8-7-20-39(41)40-21-9-10-23-42(40)44(43)31-35/h1-32H. The van der Waals surface area contributed by atoms with Gasteiger partial charge in [-0.3, -0.25) is 0 Å². The lowest BCUT2D eigenvalue weighted by molar-refractivity contribution is 0.592. The quantitative estimate of drug-likeness (QED) is 0.137. The second kappa shape index (κ2) is 11.7. The lowest BCUT2D eigenvalue weighted by Gasteiger charge is -2.38. The summed E-state index contributed by atoms with van der Waals surface area (Å²) in [5.41, 5.74) is 7.38. The van der Waals surface area contributed by atoms with Crippen LogP contribution in [0, 0.1) is 0 Å². The number of hydrogen-bond donors (Lipinski definition) is 0. The Bertz CT molecular complexity index is 2810. The van der Waals surface area contributed by atoms with E-state index >= 15 is 4.57 Å². The van der Waals surface area contributed by atoms with E-state index in [2.05, 4.69) is 144 Å². The fourth-order valence-corrected chi connectivity index (χ4v) is 11.1. The average molecular weight is 670 g/mol. The Kier molecular flexibility index (Phi) is 6.81. The summed E-state index contributed by atoms with van der Waals surface area (Å²) in [6.45, 7) is 0. The molecule has 0 aliphatic carbocycles. The van der Waals surface area contributed by atoms with Gasteiger partial charge in [0.2, 0.25) is 0 Å². The third-order valence-corrected chi connectivity index (χ3v) is 13.5. The van der Waals surface area contributed by atoms with Gasteiger partial charge in [0.05, 0.1) is 11.4 Å². The highest BCUT2D eigenvalue weighted by Gasteiger charge is 2.41. The fourth-order valence-electron chi connectivity index (χ4n) is 8.06. The van der Waals surface area contributed by atoms with Crippen LogP contribution in [0.25, 0.3) is 54.6 Å². The van der Waals surface area contributed by atoms with Crippen molar-refractivity contribution in [1.29, 1.82) is 0 Å². The van der Waals surface area contributed by atoms with Crippen LogP contribution in [0.1, 0.15) is 0 Å². The molecule has 0 bridgehead atoms. The van der Waals surface area contributed by atoms with Crippen LogP contribution in [0.5, 0.6) is 0 Å². The van der Waals surface area contributed by atoms with E-state index in [0.717, 1.165) is 49.7 Å². The van der Waals surface area contributed by atoms with Crippen molar-refractivity contribution >= 4 is 72.4 Å². The highest BCUT2D eigenvalue weighted by atomic mass is 31.2. The number of benzene rings is 9. The van der Waals surface area contributed by atoms with Crippen LogP contribution in [-0.4, -0.2) is 0 Å². The molecule has 0 fully saturated rings. The minimum absolute atomic E-state index is 0.841. The van der Waals surface area contributed by atoms with Crippen LogP contribution in [0.3, 0.4) is 0 Å². The maximum Gasteiger partial charge on any atom is 0.175 e. The van der Waals surface area contributed by atoms with Crippen molar-refractivity contribution in [3.63, 3.8) is 0 Å². The summed E-state index contributed by atoms with van der Waals surface area (Å²) in [5, 5.41) is 10.2. The number of anilines is 3. The van der Waals surface area contributed by atoms with E-state index in [1.54, 1.807) is 0 Å². The van der Waals surface area contributed by atoms with Crippen molar-refractivity contribution in [2.45, 2.75) is 0 Å². The van der Waals surface area contributed by atoms with Crippen molar-refractivity contribution in [3.8, 4) is 22.3 Å². The zero-order chi connectivity index (χ0) is 33.9. The van der Waals surface area contributed by atoms with Crippen molar-refractivity contribution in [2.75, 3.05) is 4.90 Å². The van der Waals surface area contributed by atoms with E-state index in [1.165, 1.54) is 37.9 Å². The van der Waals surface area contributed by atoms with Crippen LogP contribution in [0.4, 0.5) is 17.1 Å². The lowest BCUT2D eigenvalue weighted by atomic mass is 9.91. The molecule has 3 heteroatoms. The Balaban J connectivity index is 1.15. The fraction of sp³-hybridized carbons (Fsp3) is 0. The smallest absolute Gasteiger partial charge is 0.175 e. The van der Waals surface area contributed by atoms with E-state index < -0.39 is 7.14 Å². The topological polar surface area (TPSA) is 20.3 Å². The Morgan fingerprint density at radius 2 is 0.824 bits per heavy atom. The predicted octanol–water partition coefficient (Wildman–Crippen LogP) is 11.9. The first kappa shape index (κ1) is 29.7. The molecule has 10 rings (SSSR count). The van der Waals surface area contributed by atoms with E-state index in [1.807, 2.05) is 54.6 Å². The van der Waals surface area contributed by atoms with Gasteiger partial charge in [-0.1, -0.05) is 146 Å². The first-order valence-electron chi connectivity index (χ1n) is 17.4. The molecule has 0 saturated carbocycles. The minimum atomic E-state index is -3.23. The Hall–Kier alpha value is -6.21. The van der Waals surface area contributed by atoms with Gasteiger partial charge in [0, 0.05) is 21.6 Å². The van der Waals surface area contributed by atoms with Crippen molar-refractivity contribution in [3.05, 3.63) is 194 Å². The summed E-state index contributed by atoms with van der Waals surface area (Å²) in [5.74, 6) is 0. The maximum absolute atomic E-state index is 15.8. The normalized spacial score (nSPS) is 15.2. The second-order valence-electron chi connectivity index (χ2n) is 13.2. The van der Waals surface area contributed by atoms with Crippen LogP contribution >= 0.6 is 7.14 Å². The first-order chi connectivity index (χ1) is 25.2. The molecular formula is C48H32NOP. The monoisotopic (exact) mass is 669 g/mol. The molecule has 0 saturated heterocycles. The molecule has 0 radical (unpaired) electrons. The van der Waals surface area contributed by atoms with Crippen molar-refractivity contribution < 1.29 is 4.57 Å². The number of hydrogen-bond acceptors (Lipinski definition) is 2. The Morgan fingerprint density at radius 3 is 1.51 bits per heavy atom. The second-order valence-corrected chi connectivity index (χ2v) is 15.9. The van der Waals surface area contributed by atoms with Crippen molar-refractivity contribution in [2.24, 2.45) is 0 Å². The summed E-state index contributed by atoms with van der Waals surface area (Å²) in [6, 6.07) is 68.1. The number of para-hydroxylation sites is 2.